The van der Waals surface area contributed by atoms with Gasteiger partial charge < -0.3 is 10.6 Å². The molecule has 0 spiro atoms. The van der Waals surface area contributed by atoms with E-state index in [1.54, 1.807) is 35.0 Å². The van der Waals surface area contributed by atoms with Gasteiger partial charge >= 0.3 is 0 Å². The standard InChI is InChI=1S/C21H17Cl3N4O2/c1-2-16-19(11-3-5-12(22)6-4-11)20-26-21(30)17(28(20)27-16)10-18(29)25-15-8-13(23)7-14(24)9-15/h3-9,17H,2,10H2,1H3,(H,25,29)(H,26,30). The maximum atomic E-state index is 12.6. The second-order valence-electron chi connectivity index (χ2n) is 6.89. The van der Waals surface area contributed by atoms with Crippen LogP contribution < -0.4 is 10.6 Å². The number of carbonyl (C=O) groups excluding carboxylic acids is 2. The van der Waals surface area contributed by atoms with Crippen molar-refractivity contribution in [1.82, 2.24) is 9.78 Å². The average Bonchev–Trinajstić information content (AvgIpc) is 3.17. The molecule has 0 aliphatic carbocycles. The predicted octanol–water partition coefficient (Wildman–Crippen LogP) is 5.59. The van der Waals surface area contributed by atoms with E-state index in [4.69, 9.17) is 34.8 Å². The highest BCUT2D eigenvalue weighted by atomic mass is 35.5. The van der Waals surface area contributed by atoms with Crippen LogP contribution in [0.5, 0.6) is 0 Å². The molecule has 9 heteroatoms. The lowest BCUT2D eigenvalue weighted by Crippen LogP contribution is -2.24. The molecule has 0 saturated carbocycles. The Bertz CT molecular complexity index is 1120. The van der Waals surface area contributed by atoms with Crippen LogP contribution in [0, 0.1) is 0 Å². The molecule has 2 N–H and O–H groups in total. The van der Waals surface area contributed by atoms with Crippen molar-refractivity contribution in [2.24, 2.45) is 0 Å². The molecule has 4 rings (SSSR count). The first-order valence-corrected chi connectivity index (χ1v) is 10.4. The van der Waals surface area contributed by atoms with E-state index in [-0.39, 0.29) is 18.2 Å². The number of benzene rings is 2. The van der Waals surface area contributed by atoms with Gasteiger partial charge in [0.2, 0.25) is 5.91 Å². The quantitative estimate of drug-likeness (QED) is 0.517. The van der Waals surface area contributed by atoms with Crippen LogP contribution in [-0.4, -0.2) is 21.6 Å². The summed E-state index contributed by atoms with van der Waals surface area (Å²) >= 11 is 18.0. The van der Waals surface area contributed by atoms with E-state index >= 15 is 0 Å². The van der Waals surface area contributed by atoms with Gasteiger partial charge in [-0.1, -0.05) is 53.9 Å². The van der Waals surface area contributed by atoms with Crippen molar-refractivity contribution in [2.75, 3.05) is 10.6 Å². The molecule has 0 bridgehead atoms. The summed E-state index contributed by atoms with van der Waals surface area (Å²) in [5.74, 6) is -0.0414. The second kappa shape index (κ2) is 8.30. The number of halogens is 3. The predicted molar refractivity (Wildman–Crippen MR) is 119 cm³/mol. The Kier molecular flexibility index (Phi) is 5.73. The summed E-state index contributed by atoms with van der Waals surface area (Å²) in [7, 11) is 0. The van der Waals surface area contributed by atoms with Gasteiger partial charge in [0, 0.05) is 26.3 Å². The third-order valence-electron chi connectivity index (χ3n) is 4.82. The van der Waals surface area contributed by atoms with Crippen LogP contribution in [-0.2, 0) is 16.0 Å². The maximum Gasteiger partial charge on any atom is 0.251 e. The van der Waals surface area contributed by atoms with Gasteiger partial charge in [-0.2, -0.15) is 5.10 Å². The van der Waals surface area contributed by atoms with Crippen molar-refractivity contribution in [3.63, 3.8) is 0 Å². The third-order valence-corrected chi connectivity index (χ3v) is 5.50. The molecule has 1 aliphatic heterocycles. The fourth-order valence-corrected chi connectivity index (χ4v) is 4.15. The summed E-state index contributed by atoms with van der Waals surface area (Å²) in [6, 6.07) is 11.4. The molecule has 1 unspecified atom stereocenters. The van der Waals surface area contributed by atoms with E-state index in [1.807, 2.05) is 19.1 Å². The summed E-state index contributed by atoms with van der Waals surface area (Å²) in [6.45, 7) is 1.99. The van der Waals surface area contributed by atoms with Gasteiger partial charge in [-0.3, -0.25) is 9.59 Å². The molecular formula is C21H17Cl3N4O2. The summed E-state index contributed by atoms with van der Waals surface area (Å²) in [6.07, 6.45) is 0.599. The SMILES string of the molecule is CCc1nn2c(c1-c1ccc(Cl)cc1)NC(=O)C2CC(=O)Nc1cc(Cl)cc(Cl)c1. The average molecular weight is 464 g/mol. The number of fused-ring (bicyclic) bond motifs is 1. The molecule has 1 aliphatic rings. The van der Waals surface area contributed by atoms with Crippen LogP contribution in [0.1, 0.15) is 25.1 Å². The Hall–Kier alpha value is -2.54. The number of nitrogens with one attached hydrogen (secondary N) is 2. The highest BCUT2D eigenvalue weighted by molar-refractivity contribution is 6.35. The van der Waals surface area contributed by atoms with E-state index in [0.29, 0.717) is 33.0 Å². The smallest absolute Gasteiger partial charge is 0.251 e. The van der Waals surface area contributed by atoms with Crippen molar-refractivity contribution in [1.29, 1.82) is 0 Å². The zero-order chi connectivity index (χ0) is 21.4. The largest absolute Gasteiger partial charge is 0.326 e. The summed E-state index contributed by atoms with van der Waals surface area (Å²) in [4.78, 5) is 25.2. The Morgan fingerprint density at radius 3 is 2.40 bits per heavy atom. The molecule has 2 aromatic carbocycles. The zero-order valence-electron chi connectivity index (χ0n) is 15.9. The van der Waals surface area contributed by atoms with Crippen LogP contribution in [0.2, 0.25) is 15.1 Å². The Morgan fingerprint density at radius 1 is 1.10 bits per heavy atom. The lowest BCUT2D eigenvalue weighted by Gasteiger charge is -2.10. The molecule has 2 amide bonds. The van der Waals surface area contributed by atoms with Gasteiger partial charge in [-0.25, -0.2) is 4.68 Å². The van der Waals surface area contributed by atoms with Gasteiger partial charge in [0.25, 0.3) is 5.91 Å². The number of anilines is 2. The molecule has 30 heavy (non-hydrogen) atoms. The van der Waals surface area contributed by atoms with Crippen molar-refractivity contribution >= 4 is 58.1 Å². The molecule has 154 valence electrons. The third kappa shape index (κ3) is 4.03. The van der Waals surface area contributed by atoms with E-state index < -0.39 is 6.04 Å². The minimum Gasteiger partial charge on any atom is -0.326 e. The highest BCUT2D eigenvalue weighted by Crippen LogP contribution is 2.39. The van der Waals surface area contributed by atoms with E-state index in [1.165, 1.54) is 0 Å². The van der Waals surface area contributed by atoms with E-state index in [0.717, 1.165) is 16.8 Å². The number of amides is 2. The second-order valence-corrected chi connectivity index (χ2v) is 8.20. The Labute approximate surface area is 188 Å². The van der Waals surface area contributed by atoms with Gasteiger partial charge in [0.15, 0.2) is 0 Å². The molecule has 0 radical (unpaired) electrons. The first-order chi connectivity index (χ1) is 14.4. The van der Waals surface area contributed by atoms with Crippen molar-refractivity contribution in [2.45, 2.75) is 25.8 Å². The van der Waals surface area contributed by atoms with Gasteiger partial charge in [0.05, 0.1) is 12.1 Å². The number of hydrogen-bond donors (Lipinski definition) is 2. The van der Waals surface area contributed by atoms with Crippen molar-refractivity contribution in [3.8, 4) is 11.1 Å². The number of aryl methyl sites for hydroxylation is 1. The first-order valence-electron chi connectivity index (χ1n) is 9.30. The monoisotopic (exact) mass is 462 g/mol. The summed E-state index contributed by atoms with van der Waals surface area (Å²) in [5, 5.41) is 11.7. The highest BCUT2D eigenvalue weighted by Gasteiger charge is 2.36. The van der Waals surface area contributed by atoms with Crippen LogP contribution in [0.25, 0.3) is 11.1 Å². The van der Waals surface area contributed by atoms with Gasteiger partial charge in [0.1, 0.15) is 11.9 Å². The number of rotatable bonds is 5. The number of aromatic nitrogens is 2. The first kappa shape index (κ1) is 20.7. The zero-order valence-corrected chi connectivity index (χ0v) is 18.1. The molecule has 0 fully saturated rings. The van der Waals surface area contributed by atoms with Crippen LogP contribution in [0.3, 0.4) is 0 Å². The number of hydrogen-bond acceptors (Lipinski definition) is 3. The summed E-state index contributed by atoms with van der Waals surface area (Å²) < 4.78 is 1.59. The lowest BCUT2D eigenvalue weighted by molar-refractivity contribution is -0.123. The van der Waals surface area contributed by atoms with E-state index in [9.17, 15) is 9.59 Å². The number of carbonyl (C=O) groups is 2. The molecule has 6 nitrogen and oxygen atoms in total. The van der Waals surface area contributed by atoms with Crippen molar-refractivity contribution in [3.05, 3.63) is 63.2 Å². The molecule has 3 aromatic rings. The lowest BCUT2D eigenvalue weighted by atomic mass is 10.0. The minimum absolute atomic E-state index is 0.0755. The summed E-state index contributed by atoms with van der Waals surface area (Å²) in [5.41, 5.74) is 3.04. The van der Waals surface area contributed by atoms with Gasteiger partial charge in [-0.15, -0.1) is 0 Å². The van der Waals surface area contributed by atoms with Crippen LogP contribution >= 0.6 is 34.8 Å². The fraction of sp³-hybridized carbons (Fsp3) is 0.190. The maximum absolute atomic E-state index is 12.6. The van der Waals surface area contributed by atoms with Crippen LogP contribution in [0.15, 0.2) is 42.5 Å². The van der Waals surface area contributed by atoms with E-state index in [2.05, 4.69) is 15.7 Å². The van der Waals surface area contributed by atoms with Crippen LogP contribution in [0.4, 0.5) is 11.5 Å². The topological polar surface area (TPSA) is 76.0 Å². The Morgan fingerprint density at radius 2 is 1.77 bits per heavy atom. The fourth-order valence-electron chi connectivity index (χ4n) is 3.50. The molecule has 2 heterocycles. The molecule has 0 saturated heterocycles. The normalized spacial score (nSPS) is 15.1. The van der Waals surface area contributed by atoms with Crippen molar-refractivity contribution < 1.29 is 9.59 Å². The molecular weight excluding hydrogens is 447 g/mol. The molecule has 1 aromatic heterocycles. The Balaban J connectivity index is 1.61. The minimum atomic E-state index is -0.749. The van der Waals surface area contributed by atoms with Gasteiger partial charge in [-0.05, 0) is 42.3 Å². The number of nitrogens with zero attached hydrogens (tertiary/aromatic N) is 2. The molecule has 1 atom stereocenters.